The molecule has 0 radical (unpaired) electrons. The van der Waals surface area contributed by atoms with E-state index in [0.717, 1.165) is 6.26 Å². The molecule has 7 heteroatoms. The average molecular weight is 289 g/mol. The van der Waals surface area contributed by atoms with Gasteiger partial charge in [0.05, 0.1) is 12.3 Å². The SMILES string of the molecule is CCOC(=O)c1oc(CS(C)(=O)=O)nc1CC(C)C. The summed E-state index contributed by atoms with van der Waals surface area (Å²) in [6.07, 6.45) is 1.62. The Labute approximate surface area is 113 Å². The minimum atomic E-state index is -3.26. The Morgan fingerprint density at radius 1 is 1.42 bits per heavy atom. The van der Waals surface area contributed by atoms with Gasteiger partial charge in [-0.2, -0.15) is 0 Å². The van der Waals surface area contributed by atoms with Crippen LogP contribution in [0.5, 0.6) is 0 Å². The number of nitrogens with zero attached hydrogens (tertiary/aromatic N) is 1. The first kappa shape index (κ1) is 15.7. The monoisotopic (exact) mass is 289 g/mol. The molecule has 0 aliphatic rings. The lowest BCUT2D eigenvalue weighted by Crippen LogP contribution is -2.08. The van der Waals surface area contributed by atoms with E-state index in [9.17, 15) is 13.2 Å². The van der Waals surface area contributed by atoms with E-state index in [2.05, 4.69) is 4.98 Å². The first-order valence-electron chi connectivity index (χ1n) is 6.06. The van der Waals surface area contributed by atoms with Crippen molar-refractivity contribution >= 4 is 15.8 Å². The van der Waals surface area contributed by atoms with E-state index in [1.165, 1.54) is 0 Å². The van der Waals surface area contributed by atoms with Crippen molar-refractivity contribution in [3.05, 3.63) is 17.3 Å². The summed E-state index contributed by atoms with van der Waals surface area (Å²) >= 11 is 0. The summed E-state index contributed by atoms with van der Waals surface area (Å²) < 4.78 is 32.6. The molecule has 0 bridgehead atoms. The van der Waals surface area contributed by atoms with Gasteiger partial charge >= 0.3 is 5.97 Å². The van der Waals surface area contributed by atoms with Gasteiger partial charge in [-0.1, -0.05) is 13.8 Å². The van der Waals surface area contributed by atoms with Crippen molar-refractivity contribution in [2.45, 2.75) is 32.9 Å². The van der Waals surface area contributed by atoms with Crippen LogP contribution in [0.4, 0.5) is 0 Å². The summed E-state index contributed by atoms with van der Waals surface area (Å²) in [6.45, 7) is 5.86. The second kappa shape index (κ2) is 6.18. The molecule has 0 aliphatic heterocycles. The summed E-state index contributed by atoms with van der Waals surface area (Å²) in [6, 6.07) is 0. The summed E-state index contributed by atoms with van der Waals surface area (Å²) in [7, 11) is -3.26. The zero-order valence-corrected chi connectivity index (χ0v) is 12.4. The Morgan fingerprint density at radius 2 is 2.05 bits per heavy atom. The molecule has 19 heavy (non-hydrogen) atoms. The molecular weight excluding hydrogens is 270 g/mol. The van der Waals surface area contributed by atoms with Crippen LogP contribution in [0.2, 0.25) is 0 Å². The molecule has 108 valence electrons. The number of hydrogen-bond acceptors (Lipinski definition) is 6. The summed E-state index contributed by atoms with van der Waals surface area (Å²) in [4.78, 5) is 15.8. The molecular formula is C12H19NO5S. The molecule has 0 N–H and O–H groups in total. The van der Waals surface area contributed by atoms with Gasteiger partial charge in [-0.05, 0) is 19.3 Å². The number of carbonyl (C=O) groups excluding carboxylic acids is 1. The van der Waals surface area contributed by atoms with Gasteiger partial charge in [0, 0.05) is 6.26 Å². The molecule has 1 aromatic rings. The third-order valence-electron chi connectivity index (χ3n) is 2.19. The van der Waals surface area contributed by atoms with Crippen molar-refractivity contribution < 1.29 is 22.4 Å². The zero-order valence-electron chi connectivity index (χ0n) is 11.6. The van der Waals surface area contributed by atoms with Gasteiger partial charge in [0.15, 0.2) is 9.84 Å². The van der Waals surface area contributed by atoms with Crippen molar-refractivity contribution in [3.8, 4) is 0 Å². The molecule has 0 aliphatic carbocycles. The number of ether oxygens (including phenoxy) is 1. The van der Waals surface area contributed by atoms with Gasteiger partial charge < -0.3 is 9.15 Å². The Morgan fingerprint density at radius 3 is 2.53 bits per heavy atom. The second-order valence-electron chi connectivity index (χ2n) is 4.77. The van der Waals surface area contributed by atoms with Crippen molar-refractivity contribution in [2.24, 2.45) is 5.92 Å². The van der Waals surface area contributed by atoms with Gasteiger partial charge in [-0.3, -0.25) is 0 Å². The van der Waals surface area contributed by atoms with Crippen LogP contribution in [0, 0.1) is 5.92 Å². The quantitative estimate of drug-likeness (QED) is 0.739. The van der Waals surface area contributed by atoms with E-state index in [1.54, 1.807) is 6.92 Å². The molecule has 1 rings (SSSR count). The van der Waals surface area contributed by atoms with E-state index in [1.807, 2.05) is 13.8 Å². The third-order valence-corrected chi connectivity index (χ3v) is 2.96. The molecule has 0 fully saturated rings. The predicted octanol–water partition coefficient (Wildman–Crippen LogP) is 1.59. The number of aromatic nitrogens is 1. The predicted molar refractivity (Wildman–Crippen MR) is 69.5 cm³/mol. The fourth-order valence-corrected chi connectivity index (χ4v) is 2.14. The lowest BCUT2D eigenvalue weighted by atomic mass is 10.1. The first-order chi connectivity index (χ1) is 8.73. The molecule has 0 saturated carbocycles. The van der Waals surface area contributed by atoms with Gasteiger partial charge in [0.1, 0.15) is 5.75 Å². The van der Waals surface area contributed by atoms with Crippen LogP contribution in [-0.2, 0) is 26.7 Å². The summed E-state index contributed by atoms with van der Waals surface area (Å²) in [5, 5.41) is 0. The number of esters is 1. The average Bonchev–Trinajstić information content (AvgIpc) is 2.57. The van der Waals surface area contributed by atoms with Crippen molar-refractivity contribution in [3.63, 3.8) is 0 Å². The van der Waals surface area contributed by atoms with Crippen molar-refractivity contribution in [1.82, 2.24) is 4.98 Å². The lowest BCUT2D eigenvalue weighted by Gasteiger charge is -2.02. The first-order valence-corrected chi connectivity index (χ1v) is 8.12. The Bertz CT molecular complexity index is 544. The largest absolute Gasteiger partial charge is 0.460 e. The molecule has 0 spiro atoms. The number of carbonyl (C=O) groups is 1. The fraction of sp³-hybridized carbons (Fsp3) is 0.667. The number of sulfone groups is 1. The third kappa shape index (κ3) is 5.02. The van der Waals surface area contributed by atoms with E-state index >= 15 is 0 Å². The highest BCUT2D eigenvalue weighted by Gasteiger charge is 2.23. The molecule has 0 atom stereocenters. The van der Waals surface area contributed by atoms with Gasteiger partial charge in [0.25, 0.3) is 0 Å². The Hall–Kier alpha value is -1.37. The maximum atomic E-state index is 11.7. The summed E-state index contributed by atoms with van der Waals surface area (Å²) in [5.74, 6) is -0.623. The van der Waals surface area contributed by atoms with Crippen LogP contribution in [0.15, 0.2) is 4.42 Å². The maximum Gasteiger partial charge on any atom is 0.376 e. The number of rotatable bonds is 6. The lowest BCUT2D eigenvalue weighted by molar-refractivity contribution is 0.0486. The van der Waals surface area contributed by atoms with Crippen molar-refractivity contribution in [2.75, 3.05) is 12.9 Å². The van der Waals surface area contributed by atoms with Gasteiger partial charge in [0.2, 0.25) is 11.7 Å². The standard InChI is InChI=1S/C12H19NO5S/c1-5-17-12(14)11-9(6-8(2)3)13-10(18-11)7-19(4,15)16/h8H,5-7H2,1-4H3. The topological polar surface area (TPSA) is 86.5 Å². The minimum absolute atomic E-state index is 0.00852. The molecule has 6 nitrogen and oxygen atoms in total. The molecule has 1 aromatic heterocycles. The van der Waals surface area contributed by atoms with Crippen LogP contribution >= 0.6 is 0 Å². The van der Waals surface area contributed by atoms with E-state index in [0.29, 0.717) is 12.1 Å². The highest BCUT2D eigenvalue weighted by atomic mass is 32.2. The minimum Gasteiger partial charge on any atom is -0.460 e. The Kier molecular flexibility index (Phi) is 5.11. The molecule has 0 saturated heterocycles. The normalized spacial score (nSPS) is 11.8. The second-order valence-corrected chi connectivity index (χ2v) is 6.91. The van der Waals surface area contributed by atoms with Crippen LogP contribution < -0.4 is 0 Å². The molecule has 0 amide bonds. The van der Waals surface area contributed by atoms with Crippen LogP contribution in [0.1, 0.15) is 42.9 Å². The van der Waals surface area contributed by atoms with Gasteiger partial charge in [-0.15, -0.1) is 0 Å². The highest BCUT2D eigenvalue weighted by molar-refractivity contribution is 7.89. The fourth-order valence-electron chi connectivity index (χ4n) is 1.57. The molecule has 1 heterocycles. The smallest absolute Gasteiger partial charge is 0.376 e. The van der Waals surface area contributed by atoms with E-state index in [4.69, 9.17) is 9.15 Å². The van der Waals surface area contributed by atoms with E-state index in [-0.39, 0.29) is 29.9 Å². The summed E-state index contributed by atoms with van der Waals surface area (Å²) in [5.41, 5.74) is 0.451. The van der Waals surface area contributed by atoms with Gasteiger partial charge in [-0.25, -0.2) is 18.2 Å². The van der Waals surface area contributed by atoms with Crippen LogP contribution in [0.25, 0.3) is 0 Å². The Balaban J connectivity index is 3.08. The van der Waals surface area contributed by atoms with Crippen LogP contribution in [-0.4, -0.2) is 32.2 Å². The molecule has 0 aromatic carbocycles. The number of hydrogen-bond donors (Lipinski definition) is 0. The zero-order chi connectivity index (χ0) is 14.6. The number of oxazole rings is 1. The van der Waals surface area contributed by atoms with Crippen LogP contribution in [0.3, 0.4) is 0 Å². The van der Waals surface area contributed by atoms with E-state index < -0.39 is 15.8 Å². The highest BCUT2D eigenvalue weighted by Crippen LogP contribution is 2.18. The van der Waals surface area contributed by atoms with Crippen molar-refractivity contribution in [1.29, 1.82) is 0 Å². The maximum absolute atomic E-state index is 11.7. The molecule has 0 unspecified atom stereocenters.